The van der Waals surface area contributed by atoms with Crippen molar-refractivity contribution in [2.24, 2.45) is 11.1 Å². The molecule has 2 aromatic carbocycles. The number of hydrogen-bond acceptors (Lipinski definition) is 7. The Labute approximate surface area is 214 Å². The molecule has 0 aromatic heterocycles. The van der Waals surface area contributed by atoms with Crippen molar-refractivity contribution in [1.82, 2.24) is 4.90 Å². The number of likely N-dealkylation sites (tertiary alicyclic amines) is 1. The van der Waals surface area contributed by atoms with Gasteiger partial charge in [0.2, 0.25) is 5.91 Å². The number of nitrogens with two attached hydrogens (primary N) is 1. The van der Waals surface area contributed by atoms with Crippen molar-refractivity contribution in [2.75, 3.05) is 43.6 Å². The Morgan fingerprint density at radius 1 is 1.14 bits per heavy atom. The fourth-order valence-electron chi connectivity index (χ4n) is 5.36. The third-order valence-electron chi connectivity index (χ3n) is 7.52. The molecule has 0 aliphatic carbocycles. The van der Waals surface area contributed by atoms with Crippen molar-refractivity contribution in [3.05, 3.63) is 53.7 Å². The van der Waals surface area contributed by atoms with Gasteiger partial charge in [-0.15, -0.1) is 0 Å². The van der Waals surface area contributed by atoms with E-state index in [2.05, 4.69) is 5.32 Å². The van der Waals surface area contributed by atoms with E-state index in [1.807, 2.05) is 12.1 Å². The highest BCUT2D eigenvalue weighted by Crippen LogP contribution is 2.44. The quantitative estimate of drug-likeness (QED) is 0.537. The van der Waals surface area contributed by atoms with E-state index in [0.717, 1.165) is 18.3 Å². The zero-order chi connectivity index (χ0) is 26.2. The smallest absolute Gasteiger partial charge is 0.262 e. The third kappa shape index (κ3) is 4.28. The minimum Gasteiger partial charge on any atom is -0.496 e. The maximum absolute atomic E-state index is 13.6. The summed E-state index contributed by atoms with van der Waals surface area (Å²) in [7, 11) is 1.55. The molecular weight excluding hydrogens is 474 g/mol. The lowest BCUT2D eigenvalue weighted by atomic mass is 9.77. The predicted octanol–water partition coefficient (Wildman–Crippen LogP) is 2.63. The van der Waals surface area contributed by atoms with Crippen molar-refractivity contribution in [2.45, 2.75) is 19.3 Å². The summed E-state index contributed by atoms with van der Waals surface area (Å²) >= 11 is 0. The number of piperidine rings is 1. The lowest BCUT2D eigenvalue weighted by molar-refractivity contribution is -0.127. The van der Waals surface area contributed by atoms with E-state index >= 15 is 0 Å². The van der Waals surface area contributed by atoms with Gasteiger partial charge >= 0.3 is 0 Å². The van der Waals surface area contributed by atoms with E-state index in [-0.39, 0.29) is 24.3 Å². The fourth-order valence-corrected chi connectivity index (χ4v) is 5.36. The van der Waals surface area contributed by atoms with Gasteiger partial charge in [-0.2, -0.15) is 0 Å². The lowest BCUT2D eigenvalue weighted by Crippen LogP contribution is -2.46. The SMILES string of the molecule is COc1cc(N2CCC3(CCN(C(=O)c4ccc5c(c4)OCC(=O)N5)CC3)C2=O)ccc1/C(C=N)=C/N. The van der Waals surface area contributed by atoms with Gasteiger partial charge in [0.05, 0.1) is 18.2 Å². The Bertz CT molecular complexity index is 1310. The summed E-state index contributed by atoms with van der Waals surface area (Å²) in [6, 6.07) is 10.5. The minimum atomic E-state index is -0.497. The van der Waals surface area contributed by atoms with Gasteiger partial charge in [0, 0.05) is 60.5 Å². The molecule has 2 fully saturated rings. The molecule has 4 N–H and O–H groups in total. The number of carbonyl (C=O) groups excluding carboxylic acids is 3. The van der Waals surface area contributed by atoms with Gasteiger partial charge in [0.15, 0.2) is 6.61 Å². The number of hydrogen-bond donors (Lipinski definition) is 3. The number of carbonyl (C=O) groups is 3. The molecule has 3 amide bonds. The van der Waals surface area contributed by atoms with Crippen molar-refractivity contribution in [1.29, 1.82) is 5.41 Å². The van der Waals surface area contributed by atoms with Crippen LogP contribution in [0.1, 0.15) is 35.2 Å². The summed E-state index contributed by atoms with van der Waals surface area (Å²) in [5.74, 6) is 0.753. The van der Waals surface area contributed by atoms with Crippen molar-refractivity contribution in [3.8, 4) is 11.5 Å². The Kier molecular flexibility index (Phi) is 6.32. The number of nitrogens with one attached hydrogen (secondary N) is 2. The molecule has 3 aliphatic heterocycles. The summed E-state index contributed by atoms with van der Waals surface area (Å²) in [5, 5.41) is 10.3. The maximum Gasteiger partial charge on any atom is 0.262 e. The number of anilines is 2. The number of methoxy groups -OCH3 is 1. The number of amides is 3. The highest BCUT2D eigenvalue weighted by molar-refractivity contribution is 6.09. The standard InChI is InChI=1S/C27H29N5O5/c1-36-22-13-19(3-4-20(22)18(14-28)15-29)32-11-8-27(26(32)35)6-9-31(10-7-27)25(34)17-2-5-21-23(12-17)37-16-24(33)30-21/h2-5,12-15,28H,6-11,16,29H2,1H3,(H,30,33)/b18-15+,28-14?. The maximum atomic E-state index is 13.6. The molecule has 192 valence electrons. The van der Waals surface area contributed by atoms with E-state index in [4.69, 9.17) is 20.6 Å². The van der Waals surface area contributed by atoms with Gasteiger partial charge in [-0.05, 0) is 49.6 Å². The fraction of sp³-hybridized carbons (Fsp3) is 0.333. The van der Waals surface area contributed by atoms with Crippen molar-refractivity contribution >= 4 is 40.9 Å². The number of benzene rings is 2. The summed E-state index contributed by atoms with van der Waals surface area (Å²) in [5.41, 5.74) is 8.14. The van der Waals surface area contributed by atoms with Crippen LogP contribution in [0.5, 0.6) is 11.5 Å². The van der Waals surface area contributed by atoms with Gasteiger partial charge < -0.3 is 35.7 Å². The molecule has 5 rings (SSSR count). The highest BCUT2D eigenvalue weighted by Gasteiger charge is 2.49. The monoisotopic (exact) mass is 503 g/mol. The topological polar surface area (TPSA) is 138 Å². The van der Waals surface area contributed by atoms with Gasteiger partial charge in [-0.25, -0.2) is 0 Å². The second kappa shape index (κ2) is 9.61. The summed E-state index contributed by atoms with van der Waals surface area (Å²) < 4.78 is 11.0. The Morgan fingerprint density at radius 3 is 2.59 bits per heavy atom. The van der Waals surface area contributed by atoms with E-state index in [0.29, 0.717) is 66.4 Å². The second-order valence-corrected chi connectivity index (χ2v) is 9.48. The van der Waals surface area contributed by atoms with Crippen LogP contribution in [0.15, 0.2) is 42.6 Å². The molecular formula is C27H29N5O5. The average molecular weight is 504 g/mol. The first kappa shape index (κ1) is 24.4. The van der Waals surface area contributed by atoms with Crippen LogP contribution in [0.25, 0.3) is 5.57 Å². The number of nitrogens with zero attached hydrogens (tertiary/aromatic N) is 2. The van der Waals surface area contributed by atoms with Crippen LogP contribution in [0, 0.1) is 10.8 Å². The largest absolute Gasteiger partial charge is 0.496 e. The first-order valence-corrected chi connectivity index (χ1v) is 12.2. The molecule has 3 aliphatic rings. The van der Waals surface area contributed by atoms with Gasteiger partial charge in [-0.3, -0.25) is 14.4 Å². The molecule has 1 spiro atoms. The first-order chi connectivity index (χ1) is 17.9. The predicted molar refractivity (Wildman–Crippen MR) is 139 cm³/mol. The summed E-state index contributed by atoms with van der Waals surface area (Å²) in [6.45, 7) is 1.49. The van der Waals surface area contributed by atoms with Crippen LogP contribution in [-0.4, -0.2) is 62.2 Å². The van der Waals surface area contributed by atoms with Crippen LogP contribution in [0.2, 0.25) is 0 Å². The molecule has 3 heterocycles. The van der Waals surface area contributed by atoms with Crippen molar-refractivity contribution < 1.29 is 23.9 Å². The van der Waals surface area contributed by atoms with E-state index in [9.17, 15) is 14.4 Å². The van der Waals surface area contributed by atoms with Gasteiger partial charge in [0.25, 0.3) is 11.8 Å². The number of rotatable bonds is 5. The van der Waals surface area contributed by atoms with Crippen LogP contribution < -0.4 is 25.4 Å². The molecule has 0 bridgehead atoms. The van der Waals surface area contributed by atoms with Crippen molar-refractivity contribution in [3.63, 3.8) is 0 Å². The Morgan fingerprint density at radius 2 is 1.89 bits per heavy atom. The minimum absolute atomic E-state index is 0.0639. The van der Waals surface area contributed by atoms with Gasteiger partial charge in [0.1, 0.15) is 11.5 Å². The molecule has 0 radical (unpaired) electrons. The second-order valence-electron chi connectivity index (χ2n) is 9.48. The van der Waals surface area contributed by atoms with E-state index in [1.165, 1.54) is 6.20 Å². The first-order valence-electron chi connectivity index (χ1n) is 12.2. The lowest BCUT2D eigenvalue weighted by Gasteiger charge is -2.38. The molecule has 37 heavy (non-hydrogen) atoms. The number of allylic oxidation sites excluding steroid dienone is 1. The average Bonchev–Trinajstić information content (AvgIpc) is 3.24. The van der Waals surface area contributed by atoms with Crippen LogP contribution >= 0.6 is 0 Å². The molecule has 10 heteroatoms. The molecule has 10 nitrogen and oxygen atoms in total. The Hall–Kier alpha value is -4.34. The summed E-state index contributed by atoms with van der Waals surface area (Å²) in [6.07, 6.45) is 4.42. The summed E-state index contributed by atoms with van der Waals surface area (Å²) in [4.78, 5) is 41.8. The van der Waals surface area contributed by atoms with Crippen LogP contribution in [0.3, 0.4) is 0 Å². The highest BCUT2D eigenvalue weighted by atomic mass is 16.5. The molecule has 0 saturated carbocycles. The zero-order valence-corrected chi connectivity index (χ0v) is 20.6. The third-order valence-corrected chi connectivity index (χ3v) is 7.52. The van der Waals surface area contributed by atoms with E-state index < -0.39 is 5.41 Å². The Balaban J connectivity index is 1.27. The van der Waals surface area contributed by atoms with Gasteiger partial charge in [-0.1, -0.05) is 0 Å². The number of ether oxygens (including phenoxy) is 2. The van der Waals surface area contributed by atoms with Crippen LogP contribution in [0.4, 0.5) is 11.4 Å². The van der Waals surface area contributed by atoms with Crippen LogP contribution in [-0.2, 0) is 9.59 Å². The normalized spacial score (nSPS) is 18.8. The number of fused-ring (bicyclic) bond motifs is 1. The molecule has 0 unspecified atom stereocenters. The molecule has 2 aromatic rings. The molecule has 0 atom stereocenters. The zero-order valence-electron chi connectivity index (χ0n) is 20.6. The van der Waals surface area contributed by atoms with E-state index in [1.54, 1.807) is 41.2 Å². The molecule has 2 saturated heterocycles.